The molecule has 1 aliphatic rings. The summed E-state index contributed by atoms with van der Waals surface area (Å²) < 4.78 is 17.9. The van der Waals surface area contributed by atoms with Crippen LogP contribution in [0.4, 0.5) is 0 Å². The highest BCUT2D eigenvalue weighted by Crippen LogP contribution is 2.35. The van der Waals surface area contributed by atoms with Crippen molar-refractivity contribution in [3.8, 4) is 11.5 Å². The van der Waals surface area contributed by atoms with E-state index in [1.807, 2.05) is 48.5 Å². The van der Waals surface area contributed by atoms with Crippen LogP contribution >= 0.6 is 22.6 Å². The van der Waals surface area contributed by atoms with Gasteiger partial charge in [-0.1, -0.05) is 55.8 Å². The largest absolute Gasteiger partial charge is 0.493 e. The van der Waals surface area contributed by atoms with Gasteiger partial charge in [0.05, 0.1) is 10.7 Å². The van der Waals surface area contributed by atoms with Gasteiger partial charge >= 0.3 is 5.97 Å². The van der Waals surface area contributed by atoms with Crippen LogP contribution in [0.1, 0.15) is 47.6 Å². The Bertz CT molecular complexity index is 1260. The third-order valence-electron chi connectivity index (χ3n) is 5.50. The topological polar surface area (TPSA) is 57.1 Å². The second kappa shape index (κ2) is 10.4. The lowest BCUT2D eigenvalue weighted by atomic mass is 10.0. The number of hydrogen-bond donors (Lipinski definition) is 0. The Morgan fingerprint density at radius 3 is 2.41 bits per heavy atom. The summed E-state index contributed by atoms with van der Waals surface area (Å²) in [6.45, 7) is 6.76. The molecule has 3 aromatic rings. The van der Waals surface area contributed by atoms with Crippen molar-refractivity contribution in [2.24, 2.45) is 4.99 Å². The molecule has 6 heteroatoms. The second-order valence-electron chi connectivity index (χ2n) is 8.42. The van der Waals surface area contributed by atoms with Gasteiger partial charge in [-0.3, -0.25) is 0 Å². The molecular formula is C28H26INO4. The van der Waals surface area contributed by atoms with E-state index in [0.29, 0.717) is 29.9 Å². The summed E-state index contributed by atoms with van der Waals surface area (Å²) in [6.07, 6.45) is 1.70. The molecule has 0 radical (unpaired) electrons. The SMILES string of the molecule is COc1cc(/C=C2\N=C(c3ccc(C(C)C)cc3)OC2=O)cc(I)c1OCc1ccc(C)cc1. The molecule has 3 aromatic carbocycles. The van der Waals surface area contributed by atoms with Crippen molar-refractivity contribution in [1.29, 1.82) is 0 Å². The van der Waals surface area contributed by atoms with E-state index in [0.717, 1.165) is 20.3 Å². The molecule has 0 spiro atoms. The number of cyclic esters (lactones) is 1. The monoisotopic (exact) mass is 567 g/mol. The van der Waals surface area contributed by atoms with Gasteiger partial charge in [0.2, 0.25) is 5.90 Å². The lowest BCUT2D eigenvalue weighted by Crippen LogP contribution is -2.05. The Kier molecular flexibility index (Phi) is 7.36. The van der Waals surface area contributed by atoms with Gasteiger partial charge < -0.3 is 14.2 Å². The van der Waals surface area contributed by atoms with E-state index in [1.54, 1.807) is 13.2 Å². The van der Waals surface area contributed by atoms with Crippen LogP contribution < -0.4 is 9.47 Å². The Morgan fingerprint density at radius 2 is 1.76 bits per heavy atom. The average Bonchev–Trinajstić information content (AvgIpc) is 3.19. The summed E-state index contributed by atoms with van der Waals surface area (Å²) in [7, 11) is 1.60. The number of carbonyl (C=O) groups excluding carboxylic acids is 1. The van der Waals surface area contributed by atoms with E-state index in [9.17, 15) is 4.79 Å². The van der Waals surface area contributed by atoms with Gasteiger partial charge in [0, 0.05) is 5.56 Å². The molecule has 0 N–H and O–H groups in total. The molecule has 0 fully saturated rings. The van der Waals surface area contributed by atoms with Crippen molar-refractivity contribution in [3.05, 3.63) is 97.7 Å². The normalized spacial score (nSPS) is 14.4. The fraction of sp³-hybridized carbons (Fsp3) is 0.214. The van der Waals surface area contributed by atoms with Gasteiger partial charge in [0.1, 0.15) is 6.61 Å². The number of hydrogen-bond acceptors (Lipinski definition) is 5. The van der Waals surface area contributed by atoms with Crippen LogP contribution in [-0.2, 0) is 16.1 Å². The number of nitrogens with zero attached hydrogens (tertiary/aromatic N) is 1. The molecule has 0 amide bonds. The maximum absolute atomic E-state index is 12.5. The second-order valence-corrected chi connectivity index (χ2v) is 9.58. The number of esters is 1. The van der Waals surface area contributed by atoms with E-state index >= 15 is 0 Å². The van der Waals surface area contributed by atoms with Crippen LogP contribution in [0.5, 0.6) is 11.5 Å². The van der Waals surface area contributed by atoms with Crippen LogP contribution in [0, 0.1) is 10.5 Å². The molecule has 4 rings (SSSR count). The molecule has 5 nitrogen and oxygen atoms in total. The van der Waals surface area contributed by atoms with Crippen molar-refractivity contribution in [3.63, 3.8) is 0 Å². The quantitative estimate of drug-likeness (QED) is 0.182. The first-order valence-electron chi connectivity index (χ1n) is 11.0. The van der Waals surface area contributed by atoms with Crippen molar-refractivity contribution in [1.82, 2.24) is 0 Å². The average molecular weight is 567 g/mol. The molecular weight excluding hydrogens is 541 g/mol. The van der Waals surface area contributed by atoms with Crippen LogP contribution in [0.3, 0.4) is 0 Å². The highest BCUT2D eigenvalue weighted by molar-refractivity contribution is 14.1. The van der Waals surface area contributed by atoms with E-state index in [2.05, 4.69) is 60.5 Å². The zero-order chi connectivity index (χ0) is 24.2. The Balaban J connectivity index is 1.56. The van der Waals surface area contributed by atoms with E-state index in [4.69, 9.17) is 14.2 Å². The van der Waals surface area contributed by atoms with E-state index in [-0.39, 0.29) is 5.70 Å². The molecule has 0 unspecified atom stereocenters. The molecule has 1 heterocycles. The van der Waals surface area contributed by atoms with Gasteiger partial charge in [0.15, 0.2) is 17.2 Å². The molecule has 0 saturated heterocycles. The fourth-order valence-corrected chi connectivity index (χ4v) is 4.29. The number of aliphatic imine (C=N–C) groups is 1. The van der Waals surface area contributed by atoms with Gasteiger partial charge in [0.25, 0.3) is 0 Å². The third kappa shape index (κ3) is 5.50. The van der Waals surface area contributed by atoms with Crippen LogP contribution in [-0.4, -0.2) is 19.0 Å². The molecule has 0 atom stereocenters. The Hall–Kier alpha value is -3.13. The van der Waals surface area contributed by atoms with Crippen LogP contribution in [0.25, 0.3) is 6.08 Å². The summed E-state index contributed by atoms with van der Waals surface area (Å²) in [4.78, 5) is 16.9. The first-order chi connectivity index (χ1) is 16.3. The molecule has 34 heavy (non-hydrogen) atoms. The minimum absolute atomic E-state index is 0.245. The molecule has 0 bridgehead atoms. The number of ether oxygens (including phenoxy) is 3. The number of benzene rings is 3. The number of carbonyl (C=O) groups is 1. The molecule has 0 aliphatic carbocycles. The summed E-state index contributed by atoms with van der Waals surface area (Å²) in [6, 6.07) is 19.9. The highest BCUT2D eigenvalue weighted by atomic mass is 127. The zero-order valence-electron chi connectivity index (χ0n) is 19.6. The first kappa shape index (κ1) is 24.0. The van der Waals surface area contributed by atoms with Crippen molar-refractivity contribution in [2.45, 2.75) is 33.3 Å². The Labute approximate surface area is 213 Å². The van der Waals surface area contributed by atoms with Crippen molar-refractivity contribution < 1.29 is 19.0 Å². The number of rotatable bonds is 7. The standard InChI is InChI=1S/C28H26INO4/c1-17(2)21-9-11-22(12-10-21)27-30-24(28(31)34-27)14-20-13-23(29)26(25(15-20)32-4)33-16-19-7-5-18(3)6-8-19/h5-15,17H,16H2,1-4H3/b24-14-. The zero-order valence-corrected chi connectivity index (χ0v) is 21.8. The lowest BCUT2D eigenvalue weighted by Gasteiger charge is -2.14. The molecule has 1 aliphatic heterocycles. The summed E-state index contributed by atoms with van der Waals surface area (Å²) in [5.41, 5.74) is 5.29. The minimum atomic E-state index is -0.475. The van der Waals surface area contributed by atoms with E-state index < -0.39 is 5.97 Å². The summed E-state index contributed by atoms with van der Waals surface area (Å²) in [5.74, 6) is 1.52. The van der Waals surface area contributed by atoms with E-state index in [1.165, 1.54) is 11.1 Å². The molecule has 174 valence electrons. The summed E-state index contributed by atoms with van der Waals surface area (Å²) >= 11 is 2.21. The molecule has 0 saturated carbocycles. The van der Waals surface area contributed by atoms with Gasteiger partial charge in [-0.25, -0.2) is 9.79 Å². The summed E-state index contributed by atoms with van der Waals surface area (Å²) in [5, 5.41) is 0. The van der Waals surface area contributed by atoms with Gasteiger partial charge in [-0.15, -0.1) is 0 Å². The van der Waals surface area contributed by atoms with Crippen LogP contribution in [0.2, 0.25) is 0 Å². The first-order valence-corrected chi connectivity index (χ1v) is 12.1. The number of aryl methyl sites for hydroxylation is 1. The third-order valence-corrected chi connectivity index (χ3v) is 6.31. The fourth-order valence-electron chi connectivity index (χ4n) is 3.50. The van der Waals surface area contributed by atoms with Gasteiger partial charge in [-0.2, -0.15) is 0 Å². The maximum Gasteiger partial charge on any atom is 0.363 e. The predicted molar refractivity (Wildman–Crippen MR) is 142 cm³/mol. The smallest absolute Gasteiger partial charge is 0.363 e. The molecule has 0 aromatic heterocycles. The maximum atomic E-state index is 12.5. The predicted octanol–water partition coefficient (Wildman–Crippen LogP) is 6.66. The van der Waals surface area contributed by atoms with Crippen molar-refractivity contribution in [2.75, 3.05) is 7.11 Å². The lowest BCUT2D eigenvalue weighted by molar-refractivity contribution is -0.129. The van der Waals surface area contributed by atoms with Crippen LogP contribution in [0.15, 0.2) is 71.4 Å². The number of halogens is 1. The Morgan fingerprint density at radius 1 is 1.06 bits per heavy atom. The number of methoxy groups -OCH3 is 1. The van der Waals surface area contributed by atoms with Gasteiger partial charge in [-0.05, 0) is 82.5 Å². The minimum Gasteiger partial charge on any atom is -0.493 e. The van der Waals surface area contributed by atoms with Crippen molar-refractivity contribution >= 4 is 40.5 Å². The highest BCUT2D eigenvalue weighted by Gasteiger charge is 2.24.